The molecular formula is C24H16N4O4. The van der Waals surface area contributed by atoms with Crippen LogP contribution in [0.25, 0.3) is 43.1 Å². The van der Waals surface area contributed by atoms with E-state index in [4.69, 9.17) is 0 Å². The first-order chi connectivity index (χ1) is 15.4. The van der Waals surface area contributed by atoms with Crippen molar-refractivity contribution in [2.75, 3.05) is 0 Å². The summed E-state index contributed by atoms with van der Waals surface area (Å²) in [5.74, 6) is 0. The molecule has 5 aromatic rings. The number of nitrogens with zero attached hydrogens (tertiary/aromatic N) is 4. The minimum absolute atomic E-state index is 0.126. The van der Waals surface area contributed by atoms with Crippen LogP contribution in [0.2, 0.25) is 0 Å². The Kier molecular flexibility index (Phi) is 4.10. The normalized spacial score (nSPS) is 11.6. The molecule has 5 rings (SSSR count). The van der Waals surface area contributed by atoms with Crippen molar-refractivity contribution >= 4 is 65.8 Å². The predicted molar refractivity (Wildman–Crippen MR) is 128 cm³/mol. The topological polar surface area (TPSA) is 118 Å². The maximum atomic E-state index is 11.9. The smallest absolute Gasteiger partial charge is 0.116 e. The van der Waals surface area contributed by atoms with Crippen LogP contribution >= 0.6 is 0 Å². The molecule has 0 saturated carbocycles. The van der Waals surface area contributed by atoms with E-state index in [2.05, 4.69) is 20.7 Å². The molecular weight excluding hydrogens is 408 g/mol. The van der Waals surface area contributed by atoms with Gasteiger partial charge in [0.2, 0.25) is 0 Å². The molecule has 0 aliphatic carbocycles. The Bertz CT molecular complexity index is 1450. The first-order valence-corrected chi connectivity index (χ1v) is 9.93. The molecule has 0 radical (unpaired) electrons. The summed E-state index contributed by atoms with van der Waals surface area (Å²) in [4.78, 5) is 47.7. The summed E-state index contributed by atoms with van der Waals surface area (Å²) in [6.07, 6.45) is 0. The molecule has 0 amide bonds. The summed E-state index contributed by atoms with van der Waals surface area (Å²) in [7, 11) is 0. The average molecular weight is 424 g/mol. The van der Waals surface area contributed by atoms with Crippen LogP contribution in [0.15, 0.2) is 45.0 Å². The highest BCUT2D eigenvalue weighted by molar-refractivity contribution is 6.41. The summed E-state index contributed by atoms with van der Waals surface area (Å²) in [6.45, 7) is 7.36. The van der Waals surface area contributed by atoms with Crippen molar-refractivity contribution in [3.63, 3.8) is 0 Å². The zero-order chi connectivity index (χ0) is 22.9. The zero-order valence-corrected chi connectivity index (χ0v) is 17.7. The molecule has 0 N–H and O–H groups in total. The highest BCUT2D eigenvalue weighted by atomic mass is 16.3. The molecule has 0 aliphatic rings. The van der Waals surface area contributed by atoms with Gasteiger partial charge >= 0.3 is 0 Å². The van der Waals surface area contributed by atoms with Crippen molar-refractivity contribution in [2.45, 2.75) is 27.7 Å². The first kappa shape index (κ1) is 19.7. The van der Waals surface area contributed by atoms with Gasteiger partial charge in [-0.1, -0.05) is 0 Å². The van der Waals surface area contributed by atoms with Crippen molar-refractivity contribution in [3.05, 3.63) is 66.1 Å². The van der Waals surface area contributed by atoms with Crippen LogP contribution < -0.4 is 0 Å². The number of aryl methyl sites for hydroxylation is 4. The van der Waals surface area contributed by atoms with E-state index in [1.807, 2.05) is 27.7 Å². The van der Waals surface area contributed by atoms with Crippen molar-refractivity contribution in [3.8, 4) is 0 Å². The second-order valence-corrected chi connectivity index (χ2v) is 8.22. The van der Waals surface area contributed by atoms with Gasteiger partial charge in [-0.3, -0.25) is 0 Å². The van der Waals surface area contributed by atoms with Gasteiger partial charge in [0.25, 0.3) is 0 Å². The number of hydrogen-bond donors (Lipinski definition) is 0. The fourth-order valence-electron chi connectivity index (χ4n) is 5.37. The van der Waals surface area contributed by atoms with E-state index in [0.717, 1.165) is 33.0 Å². The molecule has 0 saturated heterocycles. The Labute approximate surface area is 180 Å². The van der Waals surface area contributed by atoms with Crippen molar-refractivity contribution in [1.29, 1.82) is 0 Å². The van der Waals surface area contributed by atoms with Crippen LogP contribution in [0.5, 0.6) is 0 Å². The van der Waals surface area contributed by atoms with Crippen LogP contribution in [0.1, 0.15) is 22.3 Å². The minimum atomic E-state index is 0.126. The molecule has 5 aromatic carbocycles. The monoisotopic (exact) mass is 424 g/mol. The van der Waals surface area contributed by atoms with Gasteiger partial charge in [-0.05, 0) is 106 Å². The van der Waals surface area contributed by atoms with Crippen molar-refractivity contribution in [2.24, 2.45) is 20.7 Å². The van der Waals surface area contributed by atoms with E-state index in [-0.39, 0.29) is 22.7 Å². The number of nitroso groups, excluding NO2 is 4. The van der Waals surface area contributed by atoms with Gasteiger partial charge in [0.15, 0.2) is 0 Å². The Morgan fingerprint density at radius 2 is 0.594 bits per heavy atom. The first-order valence-electron chi connectivity index (χ1n) is 9.93. The SMILES string of the molecule is Cc1cc(N=O)c2c3c(N=O)cc(C)c4c(C)cc(N=O)c(c5c(N=O)cc(C)c1c25)c43. The van der Waals surface area contributed by atoms with Gasteiger partial charge < -0.3 is 0 Å². The Balaban J connectivity index is 2.41. The molecule has 0 unspecified atom stereocenters. The number of hydrogen-bond acceptors (Lipinski definition) is 8. The van der Waals surface area contributed by atoms with Crippen LogP contribution in [0.3, 0.4) is 0 Å². The van der Waals surface area contributed by atoms with Gasteiger partial charge in [0, 0.05) is 32.3 Å². The third-order valence-electron chi connectivity index (χ3n) is 6.41. The Morgan fingerprint density at radius 3 is 0.781 bits per heavy atom. The number of benzene rings is 5. The molecule has 32 heavy (non-hydrogen) atoms. The summed E-state index contributed by atoms with van der Waals surface area (Å²) in [5, 5.41) is 17.3. The average Bonchev–Trinajstić information content (AvgIpc) is 2.78. The number of rotatable bonds is 4. The van der Waals surface area contributed by atoms with E-state index in [9.17, 15) is 19.6 Å². The summed E-state index contributed by atoms with van der Waals surface area (Å²) < 4.78 is 0. The van der Waals surface area contributed by atoms with E-state index in [1.54, 1.807) is 24.3 Å². The van der Waals surface area contributed by atoms with E-state index in [1.165, 1.54) is 0 Å². The fraction of sp³-hybridized carbons (Fsp3) is 0.167. The molecule has 0 aliphatic heterocycles. The second kappa shape index (κ2) is 6.65. The lowest BCUT2D eigenvalue weighted by molar-refractivity contribution is 1.41. The lowest BCUT2D eigenvalue weighted by atomic mass is 9.82. The van der Waals surface area contributed by atoms with Gasteiger partial charge in [-0.15, -0.1) is 19.6 Å². The second-order valence-electron chi connectivity index (χ2n) is 8.22. The summed E-state index contributed by atoms with van der Waals surface area (Å²) >= 11 is 0. The fourth-order valence-corrected chi connectivity index (χ4v) is 5.37. The maximum Gasteiger partial charge on any atom is 0.116 e. The largest absolute Gasteiger partial charge is 0.145 e. The van der Waals surface area contributed by atoms with Gasteiger partial charge in [-0.25, -0.2) is 0 Å². The maximum absolute atomic E-state index is 11.9. The molecule has 8 nitrogen and oxygen atoms in total. The molecule has 8 heteroatoms. The standard InChI is InChI=1S/C24H16N4O4/c1-9-5-13(25-29)19-21-15(27-31)7-11(3)18-12(4)8-16(28-32)22(24(18)21)20-14(26-30)6-10(2)17(9)23(19)20/h5-8H,1-4H3. The van der Waals surface area contributed by atoms with Crippen LogP contribution in [-0.4, -0.2) is 0 Å². The van der Waals surface area contributed by atoms with Gasteiger partial charge in [-0.2, -0.15) is 0 Å². The predicted octanol–water partition coefficient (Wildman–Crippen LogP) is 8.56. The molecule has 0 spiro atoms. The quantitative estimate of drug-likeness (QED) is 0.163. The highest BCUT2D eigenvalue weighted by Gasteiger charge is 2.26. The summed E-state index contributed by atoms with van der Waals surface area (Å²) in [6, 6.07) is 6.65. The van der Waals surface area contributed by atoms with Gasteiger partial charge in [0.05, 0.1) is 0 Å². The lowest BCUT2D eigenvalue weighted by Gasteiger charge is -2.21. The van der Waals surface area contributed by atoms with Gasteiger partial charge in [0.1, 0.15) is 22.7 Å². The Hall–Kier alpha value is -4.20. The number of fused-ring (bicyclic) bond motifs is 2. The van der Waals surface area contributed by atoms with Crippen LogP contribution in [-0.2, 0) is 0 Å². The van der Waals surface area contributed by atoms with E-state index >= 15 is 0 Å². The molecule has 0 heterocycles. The third kappa shape index (κ3) is 2.26. The summed E-state index contributed by atoms with van der Waals surface area (Å²) in [5.41, 5.74) is 3.60. The molecule has 0 atom stereocenters. The van der Waals surface area contributed by atoms with Crippen molar-refractivity contribution in [1.82, 2.24) is 0 Å². The zero-order valence-electron chi connectivity index (χ0n) is 17.7. The minimum Gasteiger partial charge on any atom is -0.145 e. The molecule has 0 aromatic heterocycles. The van der Waals surface area contributed by atoms with Crippen LogP contribution in [0, 0.1) is 47.3 Å². The molecule has 0 bridgehead atoms. The molecule has 0 fully saturated rings. The van der Waals surface area contributed by atoms with E-state index < -0.39 is 0 Å². The third-order valence-corrected chi connectivity index (χ3v) is 6.41. The highest BCUT2D eigenvalue weighted by Crippen LogP contribution is 2.54. The lowest BCUT2D eigenvalue weighted by Crippen LogP contribution is -1.95. The van der Waals surface area contributed by atoms with Crippen LogP contribution in [0.4, 0.5) is 22.7 Å². The Morgan fingerprint density at radius 1 is 0.375 bits per heavy atom. The van der Waals surface area contributed by atoms with E-state index in [0.29, 0.717) is 32.3 Å². The van der Waals surface area contributed by atoms with Crippen molar-refractivity contribution < 1.29 is 0 Å². The molecule has 156 valence electrons.